The summed E-state index contributed by atoms with van der Waals surface area (Å²) < 4.78 is 10.2. The lowest BCUT2D eigenvalue weighted by atomic mass is 10.2. The minimum Gasteiger partial charge on any atom is -0.484 e. The van der Waals surface area contributed by atoms with Crippen molar-refractivity contribution in [3.05, 3.63) is 29.8 Å². The molecule has 7 heteroatoms. The number of carbonyl (C=O) groups excluding carboxylic acids is 1. The molecule has 2 aromatic rings. The van der Waals surface area contributed by atoms with E-state index in [1.165, 1.54) is 7.11 Å². The lowest BCUT2D eigenvalue weighted by molar-refractivity contribution is -0.118. The Balaban J connectivity index is 1.85. The van der Waals surface area contributed by atoms with Gasteiger partial charge in [-0.15, -0.1) is 5.10 Å². The molecule has 1 amide bonds. The standard InChI is InChI=1S/C13H16N4O3/c1-3-9-5-4-6-10(7-9)20-8-11(18)14-12-15-13(19-2)17-16-12/h4-7H,3,8H2,1-2H3,(H2,14,15,16,17,18). The Labute approximate surface area is 116 Å². The van der Waals surface area contributed by atoms with Crippen LogP contribution in [0.1, 0.15) is 12.5 Å². The molecule has 0 fully saturated rings. The lowest BCUT2D eigenvalue weighted by Crippen LogP contribution is -2.20. The van der Waals surface area contributed by atoms with E-state index in [2.05, 4.69) is 27.4 Å². The summed E-state index contributed by atoms with van der Waals surface area (Å²) in [7, 11) is 1.44. The molecule has 106 valence electrons. The molecular weight excluding hydrogens is 260 g/mol. The fourth-order valence-electron chi connectivity index (χ4n) is 1.57. The number of amides is 1. The number of aromatic nitrogens is 3. The molecule has 1 aromatic carbocycles. The van der Waals surface area contributed by atoms with Gasteiger partial charge >= 0.3 is 6.01 Å². The molecule has 0 saturated heterocycles. The van der Waals surface area contributed by atoms with E-state index in [9.17, 15) is 4.79 Å². The Morgan fingerprint density at radius 1 is 1.45 bits per heavy atom. The number of rotatable bonds is 6. The minimum atomic E-state index is -0.328. The SMILES string of the molecule is CCc1cccc(OCC(=O)Nc2nc(OC)n[nH]2)c1. The summed E-state index contributed by atoms with van der Waals surface area (Å²) in [5.74, 6) is 0.554. The number of methoxy groups -OCH3 is 1. The summed E-state index contributed by atoms with van der Waals surface area (Å²) >= 11 is 0. The second-order valence-electron chi connectivity index (χ2n) is 4.01. The molecule has 0 aliphatic carbocycles. The molecule has 0 spiro atoms. The Hall–Kier alpha value is -2.57. The number of carbonyl (C=O) groups is 1. The van der Waals surface area contributed by atoms with E-state index >= 15 is 0 Å². The van der Waals surface area contributed by atoms with Crippen molar-refractivity contribution >= 4 is 11.9 Å². The van der Waals surface area contributed by atoms with E-state index in [1.807, 2.05) is 24.3 Å². The summed E-state index contributed by atoms with van der Waals surface area (Å²) in [6.07, 6.45) is 0.918. The molecule has 2 N–H and O–H groups in total. The predicted molar refractivity (Wildman–Crippen MR) is 72.9 cm³/mol. The molecular formula is C13H16N4O3. The van der Waals surface area contributed by atoms with Gasteiger partial charge < -0.3 is 9.47 Å². The van der Waals surface area contributed by atoms with Crippen LogP contribution in [-0.2, 0) is 11.2 Å². The molecule has 0 unspecified atom stereocenters. The summed E-state index contributed by atoms with van der Waals surface area (Å²) in [5, 5.41) is 8.77. The van der Waals surface area contributed by atoms with Crippen LogP contribution < -0.4 is 14.8 Å². The molecule has 1 heterocycles. The van der Waals surface area contributed by atoms with Crippen molar-refractivity contribution in [2.24, 2.45) is 0 Å². The highest BCUT2D eigenvalue weighted by Crippen LogP contribution is 2.13. The van der Waals surface area contributed by atoms with Crippen LogP contribution in [-0.4, -0.2) is 34.8 Å². The third-order valence-corrected chi connectivity index (χ3v) is 2.58. The van der Waals surface area contributed by atoms with Crippen LogP contribution in [0.2, 0.25) is 0 Å². The average molecular weight is 276 g/mol. The van der Waals surface area contributed by atoms with Crippen LogP contribution in [0.25, 0.3) is 0 Å². The topological polar surface area (TPSA) is 89.1 Å². The van der Waals surface area contributed by atoms with Gasteiger partial charge in [-0.2, -0.15) is 4.98 Å². The van der Waals surface area contributed by atoms with Gasteiger partial charge in [-0.3, -0.25) is 10.1 Å². The number of nitrogens with zero attached hydrogens (tertiary/aromatic N) is 2. The minimum absolute atomic E-state index is 0.101. The fraction of sp³-hybridized carbons (Fsp3) is 0.308. The Kier molecular flexibility index (Phi) is 4.54. The quantitative estimate of drug-likeness (QED) is 0.832. The smallest absolute Gasteiger partial charge is 0.336 e. The molecule has 2 rings (SSSR count). The maximum absolute atomic E-state index is 11.7. The van der Waals surface area contributed by atoms with Crippen molar-refractivity contribution in [3.8, 4) is 11.8 Å². The van der Waals surface area contributed by atoms with Gasteiger partial charge in [0.15, 0.2) is 6.61 Å². The maximum atomic E-state index is 11.7. The number of hydrogen-bond donors (Lipinski definition) is 2. The molecule has 1 aromatic heterocycles. The number of benzene rings is 1. The third kappa shape index (κ3) is 3.71. The van der Waals surface area contributed by atoms with Gasteiger partial charge in [-0.05, 0) is 24.1 Å². The first kappa shape index (κ1) is 13.9. The largest absolute Gasteiger partial charge is 0.484 e. The molecule has 0 saturated carbocycles. The number of H-pyrrole nitrogens is 1. The zero-order valence-corrected chi connectivity index (χ0v) is 11.3. The van der Waals surface area contributed by atoms with Gasteiger partial charge in [-0.25, -0.2) is 5.10 Å². The van der Waals surface area contributed by atoms with Gasteiger partial charge in [0.2, 0.25) is 5.95 Å². The van der Waals surface area contributed by atoms with Crippen LogP contribution in [0.5, 0.6) is 11.8 Å². The highest BCUT2D eigenvalue weighted by Gasteiger charge is 2.08. The van der Waals surface area contributed by atoms with Crippen LogP contribution in [0.4, 0.5) is 5.95 Å². The van der Waals surface area contributed by atoms with E-state index in [0.717, 1.165) is 12.0 Å². The molecule has 0 radical (unpaired) electrons. The first-order valence-electron chi connectivity index (χ1n) is 6.19. The van der Waals surface area contributed by atoms with E-state index < -0.39 is 0 Å². The summed E-state index contributed by atoms with van der Waals surface area (Å²) in [4.78, 5) is 15.5. The maximum Gasteiger partial charge on any atom is 0.336 e. The van der Waals surface area contributed by atoms with Crippen molar-refractivity contribution in [2.75, 3.05) is 19.0 Å². The first-order valence-corrected chi connectivity index (χ1v) is 6.19. The molecule has 0 atom stereocenters. The third-order valence-electron chi connectivity index (χ3n) is 2.58. The second kappa shape index (κ2) is 6.55. The zero-order chi connectivity index (χ0) is 14.4. The Morgan fingerprint density at radius 3 is 3.00 bits per heavy atom. The summed E-state index contributed by atoms with van der Waals surface area (Å²) in [5.41, 5.74) is 1.16. The number of ether oxygens (including phenoxy) is 2. The molecule has 0 aliphatic rings. The molecule has 20 heavy (non-hydrogen) atoms. The average Bonchev–Trinajstić information content (AvgIpc) is 2.93. The fourth-order valence-corrected chi connectivity index (χ4v) is 1.57. The number of aromatic amines is 1. The number of anilines is 1. The second-order valence-corrected chi connectivity index (χ2v) is 4.01. The molecule has 0 bridgehead atoms. The van der Waals surface area contributed by atoms with Crippen molar-refractivity contribution in [1.29, 1.82) is 0 Å². The van der Waals surface area contributed by atoms with Gasteiger partial charge in [0, 0.05) is 0 Å². The highest BCUT2D eigenvalue weighted by atomic mass is 16.5. The zero-order valence-electron chi connectivity index (χ0n) is 11.3. The van der Waals surface area contributed by atoms with Gasteiger partial charge in [-0.1, -0.05) is 19.1 Å². The van der Waals surface area contributed by atoms with Crippen LogP contribution >= 0.6 is 0 Å². The monoisotopic (exact) mass is 276 g/mol. The van der Waals surface area contributed by atoms with E-state index in [0.29, 0.717) is 5.75 Å². The van der Waals surface area contributed by atoms with Crippen molar-refractivity contribution < 1.29 is 14.3 Å². The first-order chi connectivity index (χ1) is 9.71. The lowest BCUT2D eigenvalue weighted by Gasteiger charge is -2.06. The summed E-state index contributed by atoms with van der Waals surface area (Å²) in [6.45, 7) is 1.96. The van der Waals surface area contributed by atoms with E-state index in [4.69, 9.17) is 9.47 Å². The number of hydrogen-bond acceptors (Lipinski definition) is 5. The summed E-state index contributed by atoms with van der Waals surface area (Å²) in [6, 6.07) is 7.78. The number of aryl methyl sites for hydroxylation is 1. The van der Waals surface area contributed by atoms with E-state index in [-0.39, 0.29) is 24.5 Å². The van der Waals surface area contributed by atoms with Crippen LogP contribution in [0, 0.1) is 0 Å². The van der Waals surface area contributed by atoms with Crippen molar-refractivity contribution in [2.45, 2.75) is 13.3 Å². The van der Waals surface area contributed by atoms with Crippen molar-refractivity contribution in [3.63, 3.8) is 0 Å². The van der Waals surface area contributed by atoms with Gasteiger partial charge in [0.05, 0.1) is 7.11 Å². The van der Waals surface area contributed by atoms with E-state index in [1.54, 1.807) is 0 Å². The van der Waals surface area contributed by atoms with Crippen LogP contribution in [0.3, 0.4) is 0 Å². The Bertz CT molecular complexity index is 583. The number of nitrogens with one attached hydrogen (secondary N) is 2. The molecule has 0 aliphatic heterocycles. The normalized spacial score (nSPS) is 10.1. The van der Waals surface area contributed by atoms with Crippen molar-refractivity contribution in [1.82, 2.24) is 15.2 Å². The van der Waals surface area contributed by atoms with Gasteiger partial charge in [0.25, 0.3) is 5.91 Å². The highest BCUT2D eigenvalue weighted by molar-refractivity contribution is 5.90. The predicted octanol–water partition coefficient (Wildman–Crippen LogP) is 1.39. The van der Waals surface area contributed by atoms with Crippen LogP contribution in [0.15, 0.2) is 24.3 Å². The Morgan fingerprint density at radius 2 is 2.30 bits per heavy atom. The molecule has 7 nitrogen and oxygen atoms in total. The van der Waals surface area contributed by atoms with Gasteiger partial charge in [0.1, 0.15) is 5.75 Å².